The average Bonchev–Trinajstić information content (AvgIpc) is 3.44. The van der Waals surface area contributed by atoms with Gasteiger partial charge in [-0.1, -0.05) is 29.3 Å². The van der Waals surface area contributed by atoms with Gasteiger partial charge in [0, 0.05) is 41.4 Å². The highest BCUT2D eigenvalue weighted by atomic mass is 35.5. The van der Waals surface area contributed by atoms with Gasteiger partial charge in [-0.3, -0.25) is 9.78 Å². The second-order valence-electron chi connectivity index (χ2n) is 8.12. The smallest absolute Gasteiger partial charge is 0.221 e. The number of thiocarbonyl (C=S) groups is 1. The molecule has 2 N–H and O–H groups in total. The first-order chi connectivity index (χ1) is 16.9. The summed E-state index contributed by atoms with van der Waals surface area (Å²) in [5, 5.41) is 7.96. The number of nitrogens with one attached hydrogen (secondary N) is 2. The van der Waals surface area contributed by atoms with E-state index in [0.29, 0.717) is 20.8 Å². The minimum atomic E-state index is -0.231. The molecule has 2 aromatic carbocycles. The number of nitrogens with zero attached hydrogens (tertiary/aromatic N) is 3. The zero-order valence-electron chi connectivity index (χ0n) is 18.7. The van der Waals surface area contributed by atoms with Gasteiger partial charge in [0.25, 0.3) is 0 Å². The predicted molar refractivity (Wildman–Crippen MR) is 144 cm³/mol. The standard InChI is InChI=1S/C26H21Cl2N5OS/c1-16(34)30-18-8-10-19(11-9-18)33-25(24(31-26(33)35)21-5-2-3-13-29-21)23-6-4-14-32(23)22-12-7-17(27)15-20(22)28/h2-15,24-25H,1H3,(H,30,34)(H,31,35)/t24-,25-/m1/s1. The third kappa shape index (κ3) is 4.62. The molecule has 2 aromatic heterocycles. The van der Waals surface area contributed by atoms with E-state index < -0.39 is 0 Å². The monoisotopic (exact) mass is 521 g/mol. The lowest BCUT2D eigenvalue weighted by Gasteiger charge is -2.29. The molecule has 0 saturated carbocycles. The molecule has 0 radical (unpaired) electrons. The Hall–Kier alpha value is -3.39. The van der Waals surface area contributed by atoms with E-state index in [4.69, 9.17) is 35.4 Å². The van der Waals surface area contributed by atoms with Gasteiger partial charge in [0.05, 0.1) is 22.4 Å². The van der Waals surface area contributed by atoms with E-state index in [9.17, 15) is 4.79 Å². The van der Waals surface area contributed by atoms with Crippen LogP contribution in [0.4, 0.5) is 11.4 Å². The maximum Gasteiger partial charge on any atom is 0.221 e. The van der Waals surface area contributed by atoms with Gasteiger partial charge in [0.15, 0.2) is 5.11 Å². The molecule has 0 unspecified atom stereocenters. The van der Waals surface area contributed by atoms with Crippen molar-refractivity contribution in [3.63, 3.8) is 0 Å². The van der Waals surface area contributed by atoms with Crippen LogP contribution in [0, 0.1) is 0 Å². The third-order valence-corrected chi connectivity index (χ3v) is 6.67. The fraction of sp³-hybridized carbons (Fsp3) is 0.115. The van der Waals surface area contributed by atoms with Gasteiger partial charge in [-0.05, 0) is 78.9 Å². The van der Waals surface area contributed by atoms with Crippen LogP contribution in [0.3, 0.4) is 0 Å². The molecule has 5 rings (SSSR count). The van der Waals surface area contributed by atoms with Crippen LogP contribution in [0.1, 0.15) is 30.4 Å². The summed E-state index contributed by atoms with van der Waals surface area (Å²) < 4.78 is 2.05. The van der Waals surface area contributed by atoms with Crippen LogP contribution in [0.25, 0.3) is 5.69 Å². The summed E-state index contributed by atoms with van der Waals surface area (Å²) in [5.41, 5.74) is 4.26. The minimum absolute atomic E-state index is 0.123. The van der Waals surface area contributed by atoms with Crippen LogP contribution in [0.2, 0.25) is 10.0 Å². The van der Waals surface area contributed by atoms with Crippen LogP contribution in [0.5, 0.6) is 0 Å². The van der Waals surface area contributed by atoms with Crippen molar-refractivity contribution in [3.8, 4) is 5.69 Å². The molecule has 3 heterocycles. The van der Waals surface area contributed by atoms with Crippen LogP contribution >= 0.6 is 35.4 Å². The molecule has 1 fully saturated rings. The molecule has 2 atom stereocenters. The van der Waals surface area contributed by atoms with Gasteiger partial charge in [0.2, 0.25) is 5.91 Å². The molecular formula is C26H21Cl2N5OS. The quantitative estimate of drug-likeness (QED) is 0.301. The molecule has 0 aliphatic carbocycles. The maximum atomic E-state index is 11.5. The van der Waals surface area contributed by atoms with Crippen molar-refractivity contribution >= 4 is 57.8 Å². The average molecular weight is 522 g/mol. The normalized spacial score (nSPS) is 17.3. The van der Waals surface area contributed by atoms with Crippen LogP contribution in [0.15, 0.2) is 85.2 Å². The van der Waals surface area contributed by atoms with Gasteiger partial charge >= 0.3 is 0 Å². The van der Waals surface area contributed by atoms with Crippen molar-refractivity contribution in [1.29, 1.82) is 0 Å². The first-order valence-electron chi connectivity index (χ1n) is 10.9. The molecule has 1 aliphatic rings. The Kier molecular flexibility index (Phi) is 6.47. The molecule has 176 valence electrons. The predicted octanol–water partition coefficient (Wildman–Crippen LogP) is 6.31. The zero-order valence-corrected chi connectivity index (χ0v) is 21.0. The van der Waals surface area contributed by atoms with E-state index in [1.54, 1.807) is 12.3 Å². The summed E-state index contributed by atoms with van der Waals surface area (Å²) in [4.78, 5) is 18.1. The number of carbonyl (C=O) groups is 1. The molecule has 9 heteroatoms. The molecule has 0 bridgehead atoms. The van der Waals surface area contributed by atoms with Gasteiger partial charge in [-0.2, -0.15) is 0 Å². The van der Waals surface area contributed by atoms with Crippen molar-refractivity contribution in [3.05, 3.63) is 107 Å². The highest BCUT2D eigenvalue weighted by Gasteiger charge is 2.42. The van der Waals surface area contributed by atoms with E-state index in [1.807, 2.05) is 71.4 Å². The highest BCUT2D eigenvalue weighted by Crippen LogP contribution is 2.43. The van der Waals surface area contributed by atoms with Crippen molar-refractivity contribution in [2.75, 3.05) is 10.2 Å². The molecule has 4 aromatic rings. The first kappa shape index (κ1) is 23.4. The van der Waals surface area contributed by atoms with E-state index in [2.05, 4.69) is 26.6 Å². The molecular weight excluding hydrogens is 501 g/mol. The molecule has 35 heavy (non-hydrogen) atoms. The Morgan fingerprint density at radius 1 is 1.06 bits per heavy atom. The lowest BCUT2D eigenvalue weighted by Crippen LogP contribution is -2.30. The highest BCUT2D eigenvalue weighted by molar-refractivity contribution is 7.80. The summed E-state index contributed by atoms with van der Waals surface area (Å²) in [5.74, 6) is -0.123. The lowest BCUT2D eigenvalue weighted by molar-refractivity contribution is -0.114. The Bertz CT molecular complexity index is 1390. The zero-order chi connectivity index (χ0) is 24.5. The number of anilines is 2. The van der Waals surface area contributed by atoms with Crippen molar-refractivity contribution in [1.82, 2.24) is 14.9 Å². The fourth-order valence-corrected chi connectivity index (χ4v) is 5.22. The Balaban J connectivity index is 1.63. The molecule has 6 nitrogen and oxygen atoms in total. The Morgan fingerprint density at radius 3 is 2.54 bits per heavy atom. The molecule has 1 amide bonds. The second-order valence-corrected chi connectivity index (χ2v) is 9.35. The van der Waals surface area contributed by atoms with E-state index >= 15 is 0 Å². The maximum absolute atomic E-state index is 11.5. The van der Waals surface area contributed by atoms with Gasteiger partial charge in [0.1, 0.15) is 6.04 Å². The summed E-state index contributed by atoms with van der Waals surface area (Å²) >= 11 is 18.6. The van der Waals surface area contributed by atoms with Gasteiger partial charge in [-0.25, -0.2) is 0 Å². The number of pyridine rings is 1. The Morgan fingerprint density at radius 2 is 1.86 bits per heavy atom. The molecule has 1 aliphatic heterocycles. The second kappa shape index (κ2) is 9.70. The number of amides is 1. The number of rotatable bonds is 5. The van der Waals surface area contributed by atoms with Crippen molar-refractivity contribution in [2.45, 2.75) is 19.0 Å². The topological polar surface area (TPSA) is 62.2 Å². The first-order valence-corrected chi connectivity index (χ1v) is 12.1. The summed E-state index contributed by atoms with van der Waals surface area (Å²) in [6.07, 6.45) is 3.75. The van der Waals surface area contributed by atoms with Gasteiger partial charge in [-0.15, -0.1) is 0 Å². The number of hydrogen-bond donors (Lipinski definition) is 2. The molecule has 0 spiro atoms. The largest absolute Gasteiger partial charge is 0.351 e. The number of halogens is 2. The lowest BCUT2D eigenvalue weighted by atomic mass is 10.0. The summed E-state index contributed by atoms with van der Waals surface area (Å²) in [7, 11) is 0. The van der Waals surface area contributed by atoms with E-state index in [-0.39, 0.29) is 18.0 Å². The third-order valence-electron chi connectivity index (χ3n) is 5.82. The number of carbonyl (C=O) groups excluding carboxylic acids is 1. The Labute approximate surface area is 218 Å². The minimum Gasteiger partial charge on any atom is -0.351 e. The van der Waals surface area contributed by atoms with Crippen LogP contribution < -0.4 is 15.5 Å². The van der Waals surface area contributed by atoms with Crippen LogP contribution in [-0.4, -0.2) is 20.6 Å². The SMILES string of the molecule is CC(=O)Nc1ccc(N2C(=S)N[C@H](c3ccccn3)[C@H]2c2cccn2-c2ccc(Cl)cc2Cl)cc1. The molecule has 1 saturated heterocycles. The van der Waals surface area contributed by atoms with Crippen LogP contribution in [-0.2, 0) is 4.79 Å². The fourth-order valence-electron chi connectivity index (χ4n) is 4.37. The van der Waals surface area contributed by atoms with E-state index in [1.165, 1.54) is 6.92 Å². The number of aromatic nitrogens is 2. The summed E-state index contributed by atoms with van der Waals surface area (Å²) in [6.45, 7) is 1.48. The number of benzene rings is 2. The van der Waals surface area contributed by atoms with Crippen molar-refractivity contribution in [2.24, 2.45) is 0 Å². The van der Waals surface area contributed by atoms with Gasteiger partial charge < -0.3 is 20.1 Å². The van der Waals surface area contributed by atoms with E-state index in [0.717, 1.165) is 22.8 Å². The van der Waals surface area contributed by atoms with Crippen molar-refractivity contribution < 1.29 is 4.79 Å². The summed E-state index contributed by atoms with van der Waals surface area (Å²) in [6, 6.07) is 22.5. The number of hydrogen-bond acceptors (Lipinski definition) is 3.